The van der Waals surface area contributed by atoms with Gasteiger partial charge in [-0.15, -0.1) is 0 Å². The van der Waals surface area contributed by atoms with Crippen molar-refractivity contribution in [1.82, 2.24) is 14.8 Å². The van der Waals surface area contributed by atoms with Gasteiger partial charge >= 0.3 is 5.97 Å². The average molecular weight is 384 g/mol. The Kier molecular flexibility index (Phi) is 4.91. The number of ether oxygens (including phenoxy) is 2. The summed E-state index contributed by atoms with van der Waals surface area (Å²) in [5.41, 5.74) is 2.44. The molecule has 9 nitrogen and oxygen atoms in total. The topological polar surface area (TPSA) is 116 Å². The molecule has 2 aromatic heterocycles. The van der Waals surface area contributed by atoms with Crippen molar-refractivity contribution in [3.63, 3.8) is 0 Å². The van der Waals surface area contributed by atoms with Crippen LogP contribution in [0.1, 0.15) is 32.1 Å². The number of aromatic carboxylic acids is 1. The van der Waals surface area contributed by atoms with E-state index >= 15 is 0 Å². The van der Waals surface area contributed by atoms with Crippen LogP contribution in [0.3, 0.4) is 0 Å². The third-order valence-electron chi connectivity index (χ3n) is 4.32. The van der Waals surface area contributed by atoms with E-state index in [0.717, 1.165) is 0 Å². The molecule has 9 heteroatoms. The van der Waals surface area contributed by atoms with Gasteiger partial charge in [-0.1, -0.05) is 0 Å². The van der Waals surface area contributed by atoms with Gasteiger partial charge in [-0.2, -0.15) is 5.10 Å². The fourth-order valence-electron chi connectivity index (χ4n) is 3.12. The van der Waals surface area contributed by atoms with Gasteiger partial charge in [0.1, 0.15) is 0 Å². The first-order valence-electron chi connectivity index (χ1n) is 8.38. The number of nitrogens with zero attached hydrogens (tertiary/aromatic N) is 3. The van der Waals surface area contributed by atoms with Crippen molar-refractivity contribution in [3.8, 4) is 11.5 Å². The van der Waals surface area contributed by atoms with E-state index in [-0.39, 0.29) is 22.7 Å². The van der Waals surface area contributed by atoms with Crippen molar-refractivity contribution in [2.75, 3.05) is 19.5 Å². The quantitative estimate of drug-likeness (QED) is 0.694. The summed E-state index contributed by atoms with van der Waals surface area (Å²) in [5, 5.41) is 17.0. The Balaban J connectivity index is 2.13. The van der Waals surface area contributed by atoms with E-state index in [4.69, 9.17) is 9.47 Å². The third-order valence-corrected chi connectivity index (χ3v) is 4.32. The number of hydrogen-bond acceptors (Lipinski definition) is 6. The third kappa shape index (κ3) is 3.22. The molecular formula is C19H20N4O5. The second kappa shape index (κ2) is 7.18. The number of aryl methyl sites for hydroxylation is 3. The Morgan fingerprint density at radius 3 is 2.46 bits per heavy atom. The lowest BCUT2D eigenvalue weighted by atomic mass is 10.1. The molecular weight excluding hydrogens is 364 g/mol. The predicted octanol–water partition coefficient (Wildman–Crippen LogP) is 2.55. The summed E-state index contributed by atoms with van der Waals surface area (Å²) in [6.45, 7) is 3.58. The molecule has 0 unspecified atom stereocenters. The van der Waals surface area contributed by atoms with Crippen molar-refractivity contribution in [3.05, 3.63) is 40.7 Å². The number of benzene rings is 1. The maximum Gasteiger partial charge on any atom is 0.335 e. The highest BCUT2D eigenvalue weighted by Gasteiger charge is 2.21. The largest absolute Gasteiger partial charge is 0.493 e. The second-order valence-corrected chi connectivity index (χ2v) is 6.24. The van der Waals surface area contributed by atoms with Crippen LogP contribution in [0.2, 0.25) is 0 Å². The number of fused-ring (bicyclic) bond motifs is 1. The SMILES string of the molecule is COc1cc(C(=O)O)cc(NC(=O)c2cc(C)nc3c2c(C)nn3C)c1OC. The van der Waals surface area contributed by atoms with Crippen LogP contribution in [-0.4, -0.2) is 46.0 Å². The summed E-state index contributed by atoms with van der Waals surface area (Å²) in [5.74, 6) is -1.16. The predicted molar refractivity (Wildman–Crippen MR) is 102 cm³/mol. The van der Waals surface area contributed by atoms with Gasteiger partial charge in [0.05, 0.1) is 42.1 Å². The van der Waals surface area contributed by atoms with Gasteiger partial charge in [0.15, 0.2) is 17.1 Å². The minimum Gasteiger partial charge on any atom is -0.493 e. The van der Waals surface area contributed by atoms with Crippen molar-refractivity contribution >= 4 is 28.6 Å². The molecule has 2 N–H and O–H groups in total. The molecule has 0 saturated heterocycles. The zero-order valence-corrected chi connectivity index (χ0v) is 16.2. The highest BCUT2D eigenvalue weighted by Crippen LogP contribution is 2.37. The molecule has 0 radical (unpaired) electrons. The Morgan fingerprint density at radius 1 is 1.14 bits per heavy atom. The van der Waals surface area contributed by atoms with E-state index in [9.17, 15) is 14.7 Å². The first-order valence-corrected chi connectivity index (χ1v) is 8.38. The molecule has 28 heavy (non-hydrogen) atoms. The number of carboxylic acids is 1. The van der Waals surface area contributed by atoms with Gasteiger partial charge in [0, 0.05) is 12.7 Å². The molecule has 0 bridgehead atoms. The van der Waals surface area contributed by atoms with Crippen molar-refractivity contribution in [2.24, 2.45) is 7.05 Å². The molecule has 1 amide bonds. The lowest BCUT2D eigenvalue weighted by Crippen LogP contribution is -2.15. The van der Waals surface area contributed by atoms with Gasteiger partial charge in [-0.3, -0.25) is 9.48 Å². The monoisotopic (exact) mass is 384 g/mol. The minimum absolute atomic E-state index is 0.0402. The zero-order chi connectivity index (χ0) is 20.6. The molecule has 0 spiro atoms. The number of rotatable bonds is 5. The number of carbonyl (C=O) groups is 2. The van der Waals surface area contributed by atoms with Crippen LogP contribution in [0.5, 0.6) is 11.5 Å². The summed E-state index contributed by atoms with van der Waals surface area (Å²) >= 11 is 0. The van der Waals surface area contributed by atoms with Gasteiger partial charge in [0.25, 0.3) is 5.91 Å². The smallest absolute Gasteiger partial charge is 0.335 e. The molecule has 0 aliphatic heterocycles. The molecule has 146 valence electrons. The molecule has 0 aliphatic carbocycles. The molecule has 0 fully saturated rings. The summed E-state index contributed by atoms with van der Waals surface area (Å²) in [6.07, 6.45) is 0. The van der Waals surface area contributed by atoms with Gasteiger partial charge < -0.3 is 19.9 Å². The molecule has 0 saturated carbocycles. The fraction of sp³-hybridized carbons (Fsp3) is 0.263. The van der Waals surface area contributed by atoms with Crippen LogP contribution in [0, 0.1) is 13.8 Å². The average Bonchev–Trinajstić information content (AvgIpc) is 2.93. The molecule has 0 atom stereocenters. The van der Waals surface area contributed by atoms with E-state index in [2.05, 4.69) is 15.4 Å². The molecule has 1 aromatic carbocycles. The van der Waals surface area contributed by atoms with Crippen LogP contribution < -0.4 is 14.8 Å². The lowest BCUT2D eigenvalue weighted by molar-refractivity contribution is 0.0696. The van der Waals surface area contributed by atoms with Gasteiger partial charge in [-0.05, 0) is 32.0 Å². The number of nitrogens with one attached hydrogen (secondary N) is 1. The van der Waals surface area contributed by atoms with Crippen LogP contribution >= 0.6 is 0 Å². The summed E-state index contributed by atoms with van der Waals surface area (Å²) < 4.78 is 12.1. The fourth-order valence-corrected chi connectivity index (χ4v) is 3.12. The lowest BCUT2D eigenvalue weighted by Gasteiger charge is -2.15. The summed E-state index contributed by atoms with van der Waals surface area (Å²) in [4.78, 5) is 28.9. The van der Waals surface area contributed by atoms with E-state index in [1.807, 2.05) is 0 Å². The number of amides is 1. The number of carboxylic acid groups (broad SMARTS) is 1. The van der Waals surface area contributed by atoms with E-state index < -0.39 is 11.9 Å². The number of hydrogen-bond donors (Lipinski definition) is 2. The normalized spacial score (nSPS) is 10.8. The van der Waals surface area contributed by atoms with E-state index in [1.54, 1.807) is 31.6 Å². The Morgan fingerprint density at radius 2 is 1.86 bits per heavy atom. The first-order chi connectivity index (χ1) is 13.3. The Hall–Kier alpha value is -3.62. The zero-order valence-electron chi connectivity index (χ0n) is 16.2. The Labute approximate surface area is 160 Å². The van der Waals surface area contributed by atoms with Gasteiger partial charge in [0.2, 0.25) is 0 Å². The van der Waals surface area contributed by atoms with Gasteiger partial charge in [-0.25, -0.2) is 9.78 Å². The summed E-state index contributed by atoms with van der Waals surface area (Å²) in [7, 11) is 4.56. The van der Waals surface area contributed by atoms with Crippen LogP contribution in [0.15, 0.2) is 18.2 Å². The number of aromatic nitrogens is 3. The van der Waals surface area contributed by atoms with Crippen LogP contribution in [0.25, 0.3) is 11.0 Å². The number of anilines is 1. The molecule has 3 aromatic rings. The standard InChI is InChI=1S/C19H20N4O5/c1-9-6-12(15-10(2)22-23(3)17(15)20-9)18(24)21-13-7-11(19(25)26)8-14(27-4)16(13)28-5/h6-8H,1-5H3,(H,21,24)(H,25,26). The highest BCUT2D eigenvalue weighted by molar-refractivity contribution is 6.13. The molecule has 0 aliphatic rings. The maximum atomic E-state index is 13.1. The van der Waals surface area contributed by atoms with Crippen LogP contribution in [-0.2, 0) is 7.05 Å². The number of methoxy groups -OCH3 is 2. The number of carbonyl (C=O) groups excluding carboxylic acids is 1. The van der Waals surface area contributed by atoms with E-state index in [0.29, 0.717) is 28.0 Å². The minimum atomic E-state index is -1.15. The second-order valence-electron chi connectivity index (χ2n) is 6.24. The van der Waals surface area contributed by atoms with Crippen LogP contribution in [0.4, 0.5) is 5.69 Å². The van der Waals surface area contributed by atoms with E-state index in [1.165, 1.54) is 26.4 Å². The highest BCUT2D eigenvalue weighted by atomic mass is 16.5. The summed E-state index contributed by atoms with van der Waals surface area (Å²) in [6, 6.07) is 4.32. The number of pyridine rings is 1. The molecule has 2 heterocycles. The maximum absolute atomic E-state index is 13.1. The van der Waals surface area contributed by atoms with Crippen molar-refractivity contribution < 1.29 is 24.2 Å². The Bertz CT molecular complexity index is 1100. The van der Waals surface area contributed by atoms with Crippen molar-refractivity contribution in [2.45, 2.75) is 13.8 Å². The van der Waals surface area contributed by atoms with Crippen molar-refractivity contribution in [1.29, 1.82) is 0 Å². The first kappa shape index (κ1) is 19.2. The molecule has 3 rings (SSSR count).